The number of benzene rings is 2. The van der Waals surface area contributed by atoms with Crippen LogP contribution in [0.5, 0.6) is 11.5 Å². The third kappa shape index (κ3) is 4.81. The molecule has 0 fully saturated rings. The molecule has 7 nitrogen and oxygen atoms in total. The standard InChI is InChI=1S/C23H24NO2.ClHO4/c1-15-12-17(16-6-8-18(25-4)9-7-16)13-22-23(2,3)20-14-19(26-5)10-11-21(20)24(15)22;2-1(3,4)5/h6-14H,1-5H3;(H,2,3,4,5)/q+1;/p-1. The molecular formula is C23H24ClNO6. The number of aromatic nitrogens is 1. The van der Waals surface area contributed by atoms with Gasteiger partial charge in [0.05, 0.1) is 19.6 Å². The van der Waals surface area contributed by atoms with Crippen LogP contribution in [0.15, 0.2) is 54.6 Å². The van der Waals surface area contributed by atoms with Crippen molar-refractivity contribution in [1.82, 2.24) is 0 Å². The van der Waals surface area contributed by atoms with Crippen molar-refractivity contribution in [2.24, 2.45) is 0 Å². The molecule has 2 aromatic carbocycles. The van der Waals surface area contributed by atoms with Gasteiger partial charge in [0.1, 0.15) is 11.5 Å². The van der Waals surface area contributed by atoms with Gasteiger partial charge in [-0.1, -0.05) is 12.1 Å². The maximum Gasteiger partial charge on any atom is 0.215 e. The number of nitrogens with zero attached hydrogens (tertiary/aromatic N) is 1. The van der Waals surface area contributed by atoms with Crippen molar-refractivity contribution >= 4 is 0 Å². The smallest absolute Gasteiger partial charge is 0.215 e. The van der Waals surface area contributed by atoms with Crippen molar-refractivity contribution in [2.75, 3.05) is 14.2 Å². The molecule has 164 valence electrons. The Kier molecular flexibility index (Phi) is 6.27. The fraction of sp³-hybridized carbons (Fsp3) is 0.261. The number of methoxy groups -OCH3 is 2. The highest BCUT2D eigenvalue weighted by Gasteiger charge is 2.45. The first-order chi connectivity index (χ1) is 14.5. The summed E-state index contributed by atoms with van der Waals surface area (Å²) < 4.78 is 47.1. The molecule has 0 bridgehead atoms. The normalized spacial score (nSPS) is 13.6. The Bertz CT molecular complexity index is 1080. The summed E-state index contributed by atoms with van der Waals surface area (Å²) in [6.07, 6.45) is 0. The van der Waals surface area contributed by atoms with Crippen LogP contribution in [0.2, 0.25) is 0 Å². The lowest BCUT2D eigenvalue weighted by Gasteiger charge is -2.17. The van der Waals surface area contributed by atoms with Crippen molar-refractivity contribution in [1.29, 1.82) is 0 Å². The second-order valence-corrected chi connectivity index (χ2v) is 8.48. The van der Waals surface area contributed by atoms with Gasteiger partial charge in [0.2, 0.25) is 5.69 Å². The van der Waals surface area contributed by atoms with Gasteiger partial charge in [0, 0.05) is 30.7 Å². The molecule has 4 rings (SSSR count). The predicted molar refractivity (Wildman–Crippen MR) is 103 cm³/mol. The lowest BCUT2D eigenvalue weighted by atomic mass is 9.82. The van der Waals surface area contributed by atoms with Gasteiger partial charge in [-0.05, 0) is 49.2 Å². The van der Waals surface area contributed by atoms with E-state index in [1.807, 2.05) is 18.2 Å². The molecule has 3 aromatic rings. The molecule has 0 saturated heterocycles. The summed E-state index contributed by atoms with van der Waals surface area (Å²) >= 11 is 0. The maximum atomic E-state index is 8.49. The minimum atomic E-state index is -4.94. The lowest BCUT2D eigenvalue weighted by molar-refractivity contribution is -2.00. The molecule has 0 atom stereocenters. The maximum absolute atomic E-state index is 8.49. The van der Waals surface area contributed by atoms with Crippen LogP contribution in [0.4, 0.5) is 0 Å². The number of aryl methyl sites for hydroxylation is 1. The highest BCUT2D eigenvalue weighted by Crippen LogP contribution is 2.41. The highest BCUT2D eigenvalue weighted by molar-refractivity contribution is 5.66. The predicted octanol–water partition coefficient (Wildman–Crippen LogP) is -0.161. The summed E-state index contributed by atoms with van der Waals surface area (Å²) in [5.41, 5.74) is 7.40. The van der Waals surface area contributed by atoms with Crippen molar-refractivity contribution < 1.29 is 42.9 Å². The summed E-state index contributed by atoms with van der Waals surface area (Å²) in [5.74, 6) is 1.78. The molecule has 0 saturated carbocycles. The van der Waals surface area contributed by atoms with E-state index in [2.05, 4.69) is 61.7 Å². The van der Waals surface area contributed by atoms with Crippen molar-refractivity contribution in [3.8, 4) is 28.3 Å². The SMILES string of the molecule is COc1ccc(-c2cc(C)[n+]3c(c2)C(C)(C)c2cc(OC)ccc2-3)cc1.[O-][Cl+3]([O-])([O-])[O-]. The quantitative estimate of drug-likeness (QED) is 0.517. The highest BCUT2D eigenvalue weighted by atomic mass is 35.7. The first-order valence-corrected chi connectivity index (χ1v) is 10.7. The Morgan fingerprint density at radius 3 is 1.87 bits per heavy atom. The van der Waals surface area contributed by atoms with Crippen LogP contribution in [0, 0.1) is 17.2 Å². The zero-order valence-corrected chi connectivity index (χ0v) is 18.7. The second-order valence-electron chi connectivity index (χ2n) is 7.72. The number of hydrogen-bond donors (Lipinski definition) is 0. The Labute approximate surface area is 183 Å². The first-order valence-electron chi connectivity index (χ1n) is 9.48. The molecule has 0 radical (unpaired) electrons. The molecule has 0 aliphatic carbocycles. The topological polar surface area (TPSA) is 115 Å². The van der Waals surface area contributed by atoms with Crippen LogP contribution in [0.1, 0.15) is 30.8 Å². The molecule has 0 spiro atoms. The van der Waals surface area contributed by atoms with Crippen LogP contribution >= 0.6 is 0 Å². The van der Waals surface area contributed by atoms with E-state index in [0.29, 0.717) is 0 Å². The average molecular weight is 446 g/mol. The number of hydrogen-bond acceptors (Lipinski definition) is 6. The molecule has 0 unspecified atom stereocenters. The van der Waals surface area contributed by atoms with E-state index in [1.165, 1.54) is 33.8 Å². The van der Waals surface area contributed by atoms with Crippen LogP contribution in [0.3, 0.4) is 0 Å². The molecule has 1 aliphatic heterocycles. The number of ether oxygens (including phenoxy) is 2. The van der Waals surface area contributed by atoms with E-state index >= 15 is 0 Å². The number of fused-ring (bicyclic) bond motifs is 3. The Morgan fingerprint density at radius 2 is 1.32 bits per heavy atom. The van der Waals surface area contributed by atoms with Crippen LogP contribution in [0.25, 0.3) is 16.8 Å². The van der Waals surface area contributed by atoms with Gasteiger partial charge < -0.3 is 9.47 Å². The van der Waals surface area contributed by atoms with E-state index in [-0.39, 0.29) is 5.41 Å². The molecule has 2 heterocycles. The Hall–Kier alpha value is -2.68. The fourth-order valence-corrected chi connectivity index (χ4v) is 3.94. The van der Waals surface area contributed by atoms with Gasteiger partial charge >= 0.3 is 0 Å². The molecule has 1 aromatic heterocycles. The molecule has 1 aliphatic rings. The lowest BCUT2D eigenvalue weighted by Crippen LogP contribution is -2.68. The van der Waals surface area contributed by atoms with Gasteiger partial charge in [0.15, 0.2) is 11.4 Å². The molecule has 0 N–H and O–H groups in total. The summed E-state index contributed by atoms with van der Waals surface area (Å²) in [7, 11) is -1.53. The van der Waals surface area contributed by atoms with E-state index in [4.69, 9.17) is 28.1 Å². The zero-order valence-electron chi connectivity index (χ0n) is 18.0. The van der Waals surface area contributed by atoms with E-state index < -0.39 is 10.2 Å². The number of rotatable bonds is 3. The van der Waals surface area contributed by atoms with E-state index in [1.54, 1.807) is 14.2 Å². The van der Waals surface area contributed by atoms with E-state index in [0.717, 1.165) is 11.5 Å². The minimum absolute atomic E-state index is 0.0862. The van der Waals surface area contributed by atoms with Gasteiger partial charge in [-0.15, -0.1) is 10.2 Å². The summed E-state index contributed by atoms with van der Waals surface area (Å²) in [4.78, 5) is 0. The van der Waals surface area contributed by atoms with Crippen molar-refractivity contribution in [3.05, 3.63) is 71.5 Å². The molecule has 0 amide bonds. The fourth-order valence-electron chi connectivity index (χ4n) is 3.94. The number of pyridine rings is 1. The summed E-state index contributed by atoms with van der Waals surface area (Å²) in [6.45, 7) is 6.73. The molecule has 31 heavy (non-hydrogen) atoms. The van der Waals surface area contributed by atoms with Gasteiger partial charge in [-0.2, -0.15) is 4.57 Å². The summed E-state index contributed by atoms with van der Waals surface area (Å²) in [6, 6.07) is 19.2. The largest absolute Gasteiger partial charge is 0.497 e. The van der Waals surface area contributed by atoms with Gasteiger partial charge in [-0.25, -0.2) is 18.6 Å². The van der Waals surface area contributed by atoms with Gasteiger partial charge in [-0.3, -0.25) is 0 Å². The average Bonchev–Trinajstić information content (AvgIpc) is 2.94. The number of halogens is 1. The third-order valence-electron chi connectivity index (χ3n) is 5.43. The van der Waals surface area contributed by atoms with Crippen LogP contribution in [-0.2, 0) is 5.41 Å². The molecular weight excluding hydrogens is 422 g/mol. The molecule has 8 heteroatoms. The van der Waals surface area contributed by atoms with Gasteiger partial charge in [0.25, 0.3) is 0 Å². The zero-order chi connectivity index (χ0) is 23.0. The van der Waals surface area contributed by atoms with Crippen LogP contribution in [-0.4, -0.2) is 14.2 Å². The Balaban J connectivity index is 0.000000491. The van der Waals surface area contributed by atoms with Crippen LogP contribution < -0.4 is 32.7 Å². The summed E-state index contributed by atoms with van der Waals surface area (Å²) in [5, 5.41) is 0. The first kappa shape index (κ1) is 23.0. The van der Waals surface area contributed by atoms with Crippen molar-refractivity contribution in [2.45, 2.75) is 26.2 Å². The Morgan fingerprint density at radius 1 is 0.774 bits per heavy atom. The monoisotopic (exact) mass is 445 g/mol. The second kappa shape index (κ2) is 8.45. The minimum Gasteiger partial charge on any atom is -0.497 e. The van der Waals surface area contributed by atoms with E-state index in [9.17, 15) is 0 Å². The van der Waals surface area contributed by atoms with Crippen molar-refractivity contribution in [3.63, 3.8) is 0 Å². The third-order valence-corrected chi connectivity index (χ3v) is 5.43.